The van der Waals surface area contributed by atoms with Crippen molar-refractivity contribution >= 4 is 64.2 Å². The van der Waals surface area contributed by atoms with Gasteiger partial charge in [-0.25, -0.2) is 8.42 Å². The van der Waals surface area contributed by atoms with Gasteiger partial charge in [0.05, 0.1) is 24.7 Å². The zero-order chi connectivity index (χ0) is 29.2. The van der Waals surface area contributed by atoms with Gasteiger partial charge in [-0.05, 0) is 55.7 Å². The van der Waals surface area contributed by atoms with Crippen LogP contribution in [0.2, 0.25) is 0 Å². The number of likely N-dealkylation sites (tertiary alicyclic amines) is 1. The van der Waals surface area contributed by atoms with Gasteiger partial charge in [-0.3, -0.25) is 19.5 Å². The Morgan fingerprint density at radius 3 is 2.49 bits per heavy atom. The molecule has 2 heterocycles. The second-order valence-corrected chi connectivity index (χ2v) is 12.0. The maximum Gasteiger partial charge on any atom is 0.323 e. The van der Waals surface area contributed by atoms with E-state index in [0.717, 1.165) is 44.5 Å². The molecule has 10 nitrogen and oxygen atoms in total. The number of nitrogens with two attached hydrogens (primary N) is 1. The number of nitrogens with one attached hydrogen (secondary N) is 1. The topological polar surface area (TPSA) is 138 Å². The van der Waals surface area contributed by atoms with Crippen LogP contribution in [0.25, 0.3) is 6.08 Å². The number of carbonyl (C=O) groups is 1. The van der Waals surface area contributed by atoms with Crippen LogP contribution in [0.15, 0.2) is 59.6 Å². The second-order valence-electron chi connectivity index (χ2n) is 10.1. The molecule has 0 aromatic heterocycles. The van der Waals surface area contributed by atoms with Gasteiger partial charge in [0.25, 0.3) is 0 Å². The van der Waals surface area contributed by atoms with Gasteiger partial charge >= 0.3 is 5.97 Å². The Labute approximate surface area is 266 Å². The molecule has 0 aliphatic carbocycles. The van der Waals surface area contributed by atoms with Crippen LogP contribution in [0, 0.1) is 5.41 Å². The van der Waals surface area contributed by atoms with Crippen molar-refractivity contribution in [2.24, 2.45) is 10.7 Å². The summed E-state index contributed by atoms with van der Waals surface area (Å²) in [5.41, 5.74) is 7.34. The van der Waals surface area contributed by atoms with Crippen LogP contribution < -0.4 is 14.8 Å². The lowest BCUT2D eigenvalue weighted by Crippen LogP contribution is -2.42. The summed E-state index contributed by atoms with van der Waals surface area (Å²) in [6.07, 6.45) is 8.76. The summed E-state index contributed by atoms with van der Waals surface area (Å²) in [6.45, 7) is 4.49. The highest BCUT2D eigenvalue weighted by Gasteiger charge is 2.27. The van der Waals surface area contributed by atoms with Gasteiger partial charge in [-0.2, -0.15) is 0 Å². The van der Waals surface area contributed by atoms with Gasteiger partial charge in [0.15, 0.2) is 5.75 Å². The molecule has 0 saturated carbocycles. The van der Waals surface area contributed by atoms with Crippen molar-refractivity contribution in [3.8, 4) is 5.75 Å². The Balaban J connectivity index is 0.00000323. The summed E-state index contributed by atoms with van der Waals surface area (Å²) < 4.78 is 38.8. The van der Waals surface area contributed by atoms with Crippen LogP contribution in [-0.2, 0) is 19.6 Å². The van der Waals surface area contributed by atoms with E-state index in [1.165, 1.54) is 23.0 Å². The molecule has 43 heavy (non-hydrogen) atoms. The first-order chi connectivity index (χ1) is 19.7. The number of esters is 1. The number of benzene rings is 2. The van der Waals surface area contributed by atoms with Crippen LogP contribution in [-0.4, -0.2) is 75.6 Å². The fraction of sp³-hybridized carbons (Fsp3) is 0.433. The lowest BCUT2D eigenvalue weighted by Gasteiger charge is -2.35. The van der Waals surface area contributed by atoms with E-state index in [2.05, 4.69) is 9.89 Å². The molecule has 2 aromatic carbocycles. The summed E-state index contributed by atoms with van der Waals surface area (Å²) in [6, 6.07) is 14.0. The number of hydrogen-bond acceptors (Lipinski definition) is 8. The van der Waals surface area contributed by atoms with E-state index >= 15 is 0 Å². The van der Waals surface area contributed by atoms with Gasteiger partial charge in [0, 0.05) is 44.5 Å². The molecule has 1 saturated heterocycles. The molecule has 0 unspecified atom stereocenters. The zero-order valence-corrected chi connectivity index (χ0v) is 26.8. The van der Waals surface area contributed by atoms with Crippen LogP contribution in [0.4, 0.5) is 5.69 Å². The van der Waals surface area contributed by atoms with Gasteiger partial charge in [-0.15, -0.1) is 24.8 Å². The average molecular weight is 655 g/mol. The molecule has 13 heteroatoms. The minimum absolute atomic E-state index is 0. The maximum atomic E-state index is 13.3. The van der Waals surface area contributed by atoms with Crippen molar-refractivity contribution in [3.05, 3.63) is 65.7 Å². The molecule has 2 aliphatic heterocycles. The van der Waals surface area contributed by atoms with Crippen LogP contribution in [0.1, 0.15) is 50.2 Å². The summed E-state index contributed by atoms with van der Waals surface area (Å²) in [5, 5.41) is 7.63. The number of hydrogen-bond donors (Lipinski definition) is 2. The predicted octanol–water partition coefficient (Wildman–Crippen LogP) is 4.65. The molecule has 0 amide bonds. The zero-order valence-electron chi connectivity index (χ0n) is 24.3. The van der Waals surface area contributed by atoms with Crippen molar-refractivity contribution in [2.45, 2.75) is 45.1 Å². The highest BCUT2D eigenvalue weighted by molar-refractivity contribution is 7.93. The van der Waals surface area contributed by atoms with E-state index in [1.54, 1.807) is 61.5 Å². The van der Waals surface area contributed by atoms with E-state index in [0.29, 0.717) is 17.0 Å². The molecule has 4 rings (SSSR count). The molecular weight excluding hydrogens is 613 g/mol. The first-order valence-electron chi connectivity index (χ1n) is 14.1. The van der Waals surface area contributed by atoms with Crippen LogP contribution >= 0.6 is 24.8 Å². The van der Waals surface area contributed by atoms with Crippen molar-refractivity contribution < 1.29 is 22.7 Å². The summed E-state index contributed by atoms with van der Waals surface area (Å²) in [4.78, 5) is 19.1. The number of nitrogen functional groups attached to an aromatic ring is 1. The average Bonchev–Trinajstić information content (AvgIpc) is 2.97. The van der Waals surface area contributed by atoms with E-state index < -0.39 is 21.7 Å². The number of halogens is 2. The lowest BCUT2D eigenvalue weighted by molar-refractivity contribution is -0.139. The van der Waals surface area contributed by atoms with Crippen molar-refractivity contribution in [2.75, 3.05) is 42.8 Å². The molecule has 2 aliphatic rings. The SMILES string of the molecule is CCOC(=O)CS(=O)(=O)N(C/C=C/c1cccc(C(=N)N)c1)c1ccc(OC2CCN(C3=NCCCC3)CC2)cc1.Cl.Cl. The van der Waals surface area contributed by atoms with Gasteiger partial charge in [0.1, 0.15) is 17.7 Å². The molecule has 236 valence electrons. The van der Waals surface area contributed by atoms with Gasteiger partial charge in [0.2, 0.25) is 10.0 Å². The number of piperidine rings is 1. The first kappa shape index (κ1) is 35.9. The standard InChI is InChI=1S/C30H39N5O5S.2ClH/c1-2-39-29(36)22-41(37,38)35(18-6-8-23-7-5-9-24(21-23)30(31)32)25-11-13-26(14-12-25)40-27-15-19-34(20-16-27)28-10-3-4-17-33-28;;/h5-9,11-14,21,27H,2-4,10,15-20,22H2,1H3,(H3,31,32);2*1H/b8-6+;;. The third-order valence-corrected chi connectivity index (χ3v) is 8.69. The summed E-state index contributed by atoms with van der Waals surface area (Å²) in [5.74, 6) is 0.271. The fourth-order valence-electron chi connectivity index (χ4n) is 4.96. The lowest BCUT2D eigenvalue weighted by atomic mass is 10.1. The number of amidine groups is 2. The maximum absolute atomic E-state index is 13.3. The quantitative estimate of drug-likeness (QED) is 0.204. The predicted molar refractivity (Wildman–Crippen MR) is 177 cm³/mol. The number of sulfonamides is 1. The normalized spacial score (nSPS) is 15.6. The minimum atomic E-state index is -4.03. The molecule has 3 N–H and O–H groups in total. The number of ether oxygens (including phenoxy) is 2. The van der Waals surface area contributed by atoms with Gasteiger partial charge in [-0.1, -0.05) is 30.4 Å². The number of anilines is 1. The molecule has 0 radical (unpaired) electrons. The Morgan fingerprint density at radius 2 is 1.86 bits per heavy atom. The Hall–Kier alpha value is -3.28. The molecule has 2 aromatic rings. The molecule has 0 spiro atoms. The smallest absolute Gasteiger partial charge is 0.323 e. The van der Waals surface area contributed by atoms with Gasteiger partial charge < -0.3 is 20.1 Å². The number of rotatable bonds is 11. The van der Waals surface area contributed by atoms with Crippen molar-refractivity contribution in [3.63, 3.8) is 0 Å². The van der Waals surface area contributed by atoms with Crippen molar-refractivity contribution in [1.82, 2.24) is 4.90 Å². The monoisotopic (exact) mass is 653 g/mol. The fourth-order valence-corrected chi connectivity index (χ4v) is 6.25. The summed E-state index contributed by atoms with van der Waals surface area (Å²) in [7, 11) is -4.03. The number of carbonyl (C=O) groups excluding carboxylic acids is 1. The Morgan fingerprint density at radius 1 is 1.14 bits per heavy atom. The van der Waals surface area contributed by atoms with E-state index in [-0.39, 0.29) is 49.9 Å². The second kappa shape index (κ2) is 17.1. The highest BCUT2D eigenvalue weighted by Crippen LogP contribution is 2.26. The van der Waals surface area contributed by atoms with Crippen LogP contribution in [0.5, 0.6) is 5.75 Å². The minimum Gasteiger partial charge on any atom is -0.490 e. The third kappa shape index (κ3) is 10.4. The summed E-state index contributed by atoms with van der Waals surface area (Å²) >= 11 is 0. The Bertz CT molecular complexity index is 1380. The Kier molecular flexibility index (Phi) is 14.3. The van der Waals surface area contributed by atoms with E-state index in [9.17, 15) is 13.2 Å². The molecule has 0 bridgehead atoms. The van der Waals surface area contributed by atoms with E-state index in [1.807, 2.05) is 6.07 Å². The third-order valence-electron chi connectivity index (χ3n) is 7.06. The number of nitrogens with zero attached hydrogens (tertiary/aromatic N) is 3. The van der Waals surface area contributed by atoms with Crippen LogP contribution in [0.3, 0.4) is 0 Å². The number of aliphatic imine (C=N–C) groups is 1. The molecular formula is C30H41Cl2N5O5S. The van der Waals surface area contributed by atoms with Crippen molar-refractivity contribution in [1.29, 1.82) is 5.41 Å². The largest absolute Gasteiger partial charge is 0.490 e. The first-order valence-corrected chi connectivity index (χ1v) is 15.7. The molecule has 1 fully saturated rings. The van der Waals surface area contributed by atoms with E-state index in [4.69, 9.17) is 20.6 Å². The highest BCUT2D eigenvalue weighted by atomic mass is 35.5. The molecule has 0 atom stereocenters.